The maximum absolute atomic E-state index is 9.78. The molecule has 1 heterocycles. The molecule has 1 fully saturated rings. The molecule has 0 saturated carbocycles. The van der Waals surface area contributed by atoms with Gasteiger partial charge < -0.3 is 20.1 Å². The van der Waals surface area contributed by atoms with E-state index in [1.165, 1.54) is 6.92 Å². The van der Waals surface area contributed by atoms with Gasteiger partial charge in [-0.15, -0.1) is 0 Å². The van der Waals surface area contributed by atoms with Crippen LogP contribution in [0.4, 0.5) is 0 Å². The van der Waals surface area contributed by atoms with Crippen LogP contribution in [0.3, 0.4) is 0 Å². The van der Waals surface area contributed by atoms with Gasteiger partial charge in [-0.3, -0.25) is 0 Å². The Morgan fingerprint density at radius 1 is 1.64 bits per heavy atom. The first kappa shape index (κ1) is 11.8. The lowest BCUT2D eigenvalue weighted by Crippen LogP contribution is -2.48. The summed E-state index contributed by atoms with van der Waals surface area (Å²) in [4.78, 5) is 0. The molecule has 1 aliphatic rings. The van der Waals surface area contributed by atoms with Gasteiger partial charge in [-0.25, -0.2) is 0 Å². The molecule has 6 heteroatoms. The molecule has 1 saturated heterocycles. The SMILES string of the molecule is [B][C@@H]1O[C@H](C(C)O)C(O)C1(O)C#CCl. The lowest BCUT2D eigenvalue weighted by Gasteiger charge is -2.24. The molecular weight excluding hydrogens is 206 g/mol. The monoisotopic (exact) mass is 216 g/mol. The molecule has 1 aliphatic heterocycles. The zero-order chi connectivity index (χ0) is 10.9. The molecule has 14 heavy (non-hydrogen) atoms. The van der Waals surface area contributed by atoms with E-state index in [2.05, 4.69) is 5.92 Å². The van der Waals surface area contributed by atoms with Crippen molar-refractivity contribution in [1.29, 1.82) is 0 Å². The van der Waals surface area contributed by atoms with Crippen LogP contribution in [0.15, 0.2) is 0 Å². The maximum atomic E-state index is 9.78. The zero-order valence-corrected chi connectivity index (χ0v) is 8.27. The summed E-state index contributed by atoms with van der Waals surface area (Å²) in [6.07, 6.45) is -3.31. The Kier molecular flexibility index (Phi) is 3.46. The minimum atomic E-state index is -1.93. The van der Waals surface area contributed by atoms with E-state index in [9.17, 15) is 15.3 Å². The summed E-state index contributed by atoms with van der Waals surface area (Å²) in [5, 5.41) is 30.5. The molecule has 0 amide bonds. The third-order valence-electron chi connectivity index (χ3n) is 2.22. The average Bonchev–Trinajstić information content (AvgIpc) is 2.31. The number of halogens is 1. The number of aliphatic hydroxyl groups is 3. The fraction of sp³-hybridized carbons (Fsp3) is 0.750. The van der Waals surface area contributed by atoms with Gasteiger partial charge in [0, 0.05) is 5.38 Å². The molecule has 0 aromatic heterocycles. The molecule has 3 unspecified atom stereocenters. The van der Waals surface area contributed by atoms with Crippen LogP contribution in [0.5, 0.6) is 0 Å². The Bertz CT molecular complexity index is 274. The first-order chi connectivity index (χ1) is 6.43. The van der Waals surface area contributed by atoms with E-state index in [1.807, 2.05) is 5.38 Å². The summed E-state index contributed by atoms with van der Waals surface area (Å²) in [5.74, 6) is 2.17. The highest BCUT2D eigenvalue weighted by molar-refractivity contribution is 6.30. The molecule has 0 aromatic rings. The standard InChI is InChI=1S/C8H10BClO4/c1-4(11)5-6(12)8(13,2-3-10)7(9)14-5/h4-7,11-13H,1H3/t4?,5-,6?,7-,8?/m1/s1. The van der Waals surface area contributed by atoms with E-state index in [0.717, 1.165) is 0 Å². The smallest absolute Gasteiger partial charge is 0.172 e. The molecular formula is C8H10BClO4. The van der Waals surface area contributed by atoms with Crippen molar-refractivity contribution in [3.05, 3.63) is 0 Å². The predicted octanol–water partition coefficient (Wildman–Crippen LogP) is -1.45. The van der Waals surface area contributed by atoms with Crippen molar-refractivity contribution in [3.63, 3.8) is 0 Å². The summed E-state index contributed by atoms with van der Waals surface area (Å²) >= 11 is 5.12. The molecule has 0 spiro atoms. The second-order valence-electron chi connectivity index (χ2n) is 3.25. The molecule has 5 atom stereocenters. The lowest BCUT2D eigenvalue weighted by molar-refractivity contribution is -0.0520. The van der Waals surface area contributed by atoms with Crippen LogP contribution in [-0.2, 0) is 4.74 Å². The highest BCUT2D eigenvalue weighted by atomic mass is 35.5. The van der Waals surface area contributed by atoms with Crippen molar-refractivity contribution in [3.8, 4) is 11.3 Å². The van der Waals surface area contributed by atoms with E-state index in [0.29, 0.717) is 0 Å². The largest absolute Gasteiger partial charge is 0.391 e. The van der Waals surface area contributed by atoms with Crippen LogP contribution in [0.25, 0.3) is 0 Å². The Morgan fingerprint density at radius 2 is 2.21 bits per heavy atom. The summed E-state index contributed by atoms with van der Waals surface area (Å²) in [6.45, 7) is 1.42. The van der Waals surface area contributed by atoms with Crippen LogP contribution in [0.2, 0.25) is 0 Å². The van der Waals surface area contributed by atoms with Gasteiger partial charge in [0.05, 0.1) is 12.1 Å². The van der Waals surface area contributed by atoms with E-state index in [4.69, 9.17) is 24.2 Å². The highest BCUT2D eigenvalue weighted by Gasteiger charge is 2.53. The van der Waals surface area contributed by atoms with Gasteiger partial charge in [-0.2, -0.15) is 0 Å². The number of ether oxygens (including phenoxy) is 1. The van der Waals surface area contributed by atoms with Crippen molar-refractivity contribution in [2.75, 3.05) is 0 Å². The fourth-order valence-electron chi connectivity index (χ4n) is 1.36. The van der Waals surface area contributed by atoms with Crippen LogP contribution in [0.1, 0.15) is 6.92 Å². The Balaban J connectivity index is 2.93. The van der Waals surface area contributed by atoms with Crippen molar-refractivity contribution in [1.82, 2.24) is 0 Å². The first-order valence-electron chi connectivity index (χ1n) is 4.06. The van der Waals surface area contributed by atoms with Crippen molar-refractivity contribution >= 4 is 19.4 Å². The van der Waals surface area contributed by atoms with Crippen LogP contribution >= 0.6 is 11.6 Å². The molecule has 0 aromatic carbocycles. The molecule has 3 N–H and O–H groups in total. The van der Waals surface area contributed by atoms with Crippen molar-refractivity contribution < 1.29 is 20.1 Å². The summed E-state index contributed by atoms with van der Waals surface area (Å²) in [6, 6.07) is -1.19. The predicted molar refractivity (Wildman–Crippen MR) is 50.7 cm³/mol. The van der Waals surface area contributed by atoms with E-state index in [-0.39, 0.29) is 0 Å². The third-order valence-corrected chi connectivity index (χ3v) is 2.32. The zero-order valence-electron chi connectivity index (χ0n) is 7.51. The quantitative estimate of drug-likeness (QED) is 0.371. The summed E-state index contributed by atoms with van der Waals surface area (Å²) < 4.78 is 4.97. The lowest BCUT2D eigenvalue weighted by atomic mass is 9.80. The molecule has 0 aliphatic carbocycles. The number of rotatable bonds is 1. The second-order valence-corrected chi connectivity index (χ2v) is 3.44. The normalized spacial score (nSPS) is 44.2. The van der Waals surface area contributed by atoms with E-state index < -0.39 is 29.9 Å². The van der Waals surface area contributed by atoms with Gasteiger partial charge in [-0.1, -0.05) is 0 Å². The van der Waals surface area contributed by atoms with Crippen LogP contribution in [0, 0.1) is 11.3 Å². The second kappa shape index (κ2) is 4.09. The highest BCUT2D eigenvalue weighted by Crippen LogP contribution is 2.30. The Labute approximate surface area is 88.2 Å². The van der Waals surface area contributed by atoms with Gasteiger partial charge in [-0.05, 0) is 24.4 Å². The molecule has 76 valence electrons. The molecule has 0 bridgehead atoms. The van der Waals surface area contributed by atoms with E-state index in [1.54, 1.807) is 0 Å². The minimum Gasteiger partial charge on any atom is -0.391 e. The summed E-state index contributed by atoms with van der Waals surface area (Å²) in [5.41, 5.74) is -1.93. The topological polar surface area (TPSA) is 69.9 Å². The summed E-state index contributed by atoms with van der Waals surface area (Å²) in [7, 11) is 5.41. The minimum absolute atomic E-state index is 0.956. The van der Waals surface area contributed by atoms with Gasteiger partial charge in [0.2, 0.25) is 0 Å². The van der Waals surface area contributed by atoms with Gasteiger partial charge in [0.25, 0.3) is 0 Å². The van der Waals surface area contributed by atoms with Crippen LogP contribution < -0.4 is 0 Å². The molecule has 2 radical (unpaired) electrons. The van der Waals surface area contributed by atoms with Crippen LogP contribution in [-0.4, -0.2) is 53.1 Å². The third kappa shape index (κ3) is 1.77. The number of hydrogen-bond donors (Lipinski definition) is 3. The van der Waals surface area contributed by atoms with Crippen molar-refractivity contribution in [2.24, 2.45) is 0 Å². The number of hydrogen-bond acceptors (Lipinski definition) is 4. The van der Waals surface area contributed by atoms with E-state index >= 15 is 0 Å². The fourth-order valence-corrected chi connectivity index (χ4v) is 1.52. The first-order valence-corrected chi connectivity index (χ1v) is 4.43. The molecule has 4 nitrogen and oxygen atoms in total. The average molecular weight is 216 g/mol. The maximum Gasteiger partial charge on any atom is 0.172 e. The Hall–Kier alpha value is -0.245. The van der Waals surface area contributed by atoms with Crippen molar-refractivity contribution in [2.45, 2.75) is 36.8 Å². The van der Waals surface area contributed by atoms with Gasteiger partial charge >= 0.3 is 0 Å². The molecule has 1 rings (SSSR count). The Morgan fingerprint density at radius 3 is 2.57 bits per heavy atom. The van der Waals surface area contributed by atoms with Gasteiger partial charge in [0.1, 0.15) is 20.1 Å². The number of aliphatic hydroxyl groups excluding tert-OH is 2. The van der Waals surface area contributed by atoms with Gasteiger partial charge in [0.15, 0.2) is 5.60 Å².